The summed E-state index contributed by atoms with van der Waals surface area (Å²) in [5, 5.41) is 7.13. The molecule has 3 rings (SSSR count). The van der Waals surface area contributed by atoms with Gasteiger partial charge in [-0.1, -0.05) is 48.9 Å². The molecule has 0 unspecified atom stereocenters. The standard InChI is InChI=1S/C18H20Cl2N4O/c19-12-9-13(20)11-15(10-12)23-18-21-8-7-16(24-18)17(25)22-14-5-3-1-2-4-6-14/h7-11,14H,1-6H2,(H,22,25)(H,21,23,24). The zero-order chi connectivity index (χ0) is 17.6. The third-order valence-electron chi connectivity index (χ3n) is 4.20. The quantitative estimate of drug-likeness (QED) is 0.736. The minimum absolute atomic E-state index is 0.165. The van der Waals surface area contributed by atoms with E-state index in [0.717, 1.165) is 25.7 Å². The minimum Gasteiger partial charge on any atom is -0.348 e. The van der Waals surface area contributed by atoms with Gasteiger partial charge in [0, 0.05) is 28.0 Å². The number of carbonyl (C=O) groups excluding carboxylic acids is 1. The Labute approximate surface area is 157 Å². The Balaban J connectivity index is 1.68. The van der Waals surface area contributed by atoms with Crippen LogP contribution in [0.4, 0.5) is 11.6 Å². The molecular weight excluding hydrogens is 359 g/mol. The maximum atomic E-state index is 12.5. The van der Waals surface area contributed by atoms with Crippen molar-refractivity contribution in [2.24, 2.45) is 0 Å². The molecule has 1 aromatic heterocycles. The topological polar surface area (TPSA) is 66.9 Å². The SMILES string of the molecule is O=C(NC1CCCCCC1)c1ccnc(Nc2cc(Cl)cc(Cl)c2)n1. The molecule has 132 valence electrons. The lowest BCUT2D eigenvalue weighted by Crippen LogP contribution is -2.35. The van der Waals surface area contributed by atoms with Crippen molar-refractivity contribution < 1.29 is 4.79 Å². The largest absolute Gasteiger partial charge is 0.348 e. The molecule has 7 heteroatoms. The smallest absolute Gasteiger partial charge is 0.270 e. The first-order valence-corrected chi connectivity index (χ1v) is 9.23. The fourth-order valence-electron chi connectivity index (χ4n) is 2.98. The molecule has 2 N–H and O–H groups in total. The molecular formula is C18H20Cl2N4O. The van der Waals surface area contributed by atoms with E-state index in [0.29, 0.717) is 27.4 Å². The summed E-state index contributed by atoms with van der Waals surface area (Å²) in [7, 11) is 0. The lowest BCUT2D eigenvalue weighted by molar-refractivity contribution is 0.0928. The van der Waals surface area contributed by atoms with Crippen molar-refractivity contribution in [1.29, 1.82) is 0 Å². The van der Waals surface area contributed by atoms with E-state index in [1.807, 2.05) is 0 Å². The van der Waals surface area contributed by atoms with Crippen LogP contribution >= 0.6 is 23.2 Å². The summed E-state index contributed by atoms with van der Waals surface area (Å²) in [5.41, 5.74) is 1.01. The van der Waals surface area contributed by atoms with E-state index in [1.165, 1.54) is 12.8 Å². The Kier molecular flexibility index (Phi) is 6.10. The molecule has 5 nitrogen and oxygen atoms in total. The number of aromatic nitrogens is 2. The van der Waals surface area contributed by atoms with E-state index in [9.17, 15) is 4.79 Å². The molecule has 0 radical (unpaired) electrons. The number of amides is 1. The molecule has 1 aromatic carbocycles. The van der Waals surface area contributed by atoms with Crippen molar-refractivity contribution in [3.05, 3.63) is 46.2 Å². The number of nitrogens with zero attached hydrogens (tertiary/aromatic N) is 2. The van der Waals surface area contributed by atoms with Crippen molar-refractivity contribution in [2.75, 3.05) is 5.32 Å². The maximum Gasteiger partial charge on any atom is 0.270 e. The Morgan fingerprint density at radius 1 is 1.04 bits per heavy atom. The second-order valence-corrected chi connectivity index (χ2v) is 7.08. The Hall–Kier alpha value is -1.85. The van der Waals surface area contributed by atoms with Gasteiger partial charge in [-0.2, -0.15) is 0 Å². The van der Waals surface area contributed by atoms with Crippen LogP contribution in [0.1, 0.15) is 49.0 Å². The Morgan fingerprint density at radius 2 is 1.72 bits per heavy atom. The molecule has 1 fully saturated rings. The molecule has 1 aliphatic rings. The van der Waals surface area contributed by atoms with Gasteiger partial charge in [0.25, 0.3) is 5.91 Å². The average molecular weight is 379 g/mol. The molecule has 1 aliphatic carbocycles. The van der Waals surface area contributed by atoms with Crippen LogP contribution in [0, 0.1) is 0 Å². The minimum atomic E-state index is -0.165. The summed E-state index contributed by atoms with van der Waals surface area (Å²) in [4.78, 5) is 20.9. The van der Waals surface area contributed by atoms with Gasteiger partial charge >= 0.3 is 0 Å². The van der Waals surface area contributed by atoms with Gasteiger partial charge in [-0.05, 0) is 37.1 Å². The molecule has 1 heterocycles. The number of hydrogen-bond acceptors (Lipinski definition) is 4. The highest BCUT2D eigenvalue weighted by Crippen LogP contribution is 2.24. The number of halogens is 2. The van der Waals surface area contributed by atoms with Crippen LogP contribution in [-0.2, 0) is 0 Å². The highest BCUT2D eigenvalue weighted by molar-refractivity contribution is 6.35. The summed E-state index contributed by atoms with van der Waals surface area (Å²) < 4.78 is 0. The second-order valence-electron chi connectivity index (χ2n) is 6.21. The van der Waals surface area contributed by atoms with Gasteiger partial charge in [0.15, 0.2) is 0 Å². The van der Waals surface area contributed by atoms with E-state index >= 15 is 0 Å². The molecule has 0 spiro atoms. The van der Waals surface area contributed by atoms with Gasteiger partial charge in [0.1, 0.15) is 5.69 Å². The van der Waals surface area contributed by atoms with E-state index in [-0.39, 0.29) is 11.9 Å². The lowest BCUT2D eigenvalue weighted by atomic mass is 10.1. The van der Waals surface area contributed by atoms with Gasteiger partial charge in [-0.3, -0.25) is 4.79 Å². The molecule has 0 atom stereocenters. The first-order valence-electron chi connectivity index (χ1n) is 8.47. The molecule has 1 saturated carbocycles. The summed E-state index contributed by atoms with van der Waals surface area (Å²) in [6.07, 6.45) is 8.44. The normalized spacial score (nSPS) is 15.4. The predicted molar refractivity (Wildman–Crippen MR) is 101 cm³/mol. The summed E-state index contributed by atoms with van der Waals surface area (Å²) in [6, 6.07) is 6.92. The first-order chi connectivity index (χ1) is 12.1. The number of benzene rings is 1. The van der Waals surface area contributed by atoms with Crippen molar-refractivity contribution in [3.8, 4) is 0 Å². The third kappa shape index (κ3) is 5.31. The highest BCUT2D eigenvalue weighted by Gasteiger charge is 2.17. The van der Waals surface area contributed by atoms with Gasteiger partial charge in [-0.25, -0.2) is 9.97 Å². The van der Waals surface area contributed by atoms with Crippen LogP contribution < -0.4 is 10.6 Å². The van der Waals surface area contributed by atoms with Crippen molar-refractivity contribution >= 4 is 40.7 Å². The lowest BCUT2D eigenvalue weighted by Gasteiger charge is -2.16. The van der Waals surface area contributed by atoms with E-state index < -0.39 is 0 Å². The number of nitrogens with one attached hydrogen (secondary N) is 2. The van der Waals surface area contributed by atoms with Gasteiger partial charge in [0.2, 0.25) is 5.95 Å². The van der Waals surface area contributed by atoms with Gasteiger partial charge in [-0.15, -0.1) is 0 Å². The molecule has 0 saturated heterocycles. The van der Waals surface area contributed by atoms with E-state index in [4.69, 9.17) is 23.2 Å². The predicted octanol–water partition coefficient (Wildman–Crippen LogP) is 4.98. The Morgan fingerprint density at radius 3 is 2.40 bits per heavy atom. The molecule has 0 aliphatic heterocycles. The average Bonchev–Trinajstić information content (AvgIpc) is 2.83. The van der Waals surface area contributed by atoms with Crippen molar-refractivity contribution in [3.63, 3.8) is 0 Å². The molecule has 2 aromatic rings. The monoisotopic (exact) mass is 378 g/mol. The summed E-state index contributed by atoms with van der Waals surface area (Å²) in [5.74, 6) is 0.160. The van der Waals surface area contributed by atoms with Crippen molar-refractivity contribution in [1.82, 2.24) is 15.3 Å². The zero-order valence-corrected chi connectivity index (χ0v) is 15.3. The van der Waals surface area contributed by atoms with E-state index in [2.05, 4.69) is 20.6 Å². The van der Waals surface area contributed by atoms with Crippen LogP contribution in [0.15, 0.2) is 30.5 Å². The van der Waals surface area contributed by atoms with Gasteiger partial charge in [0.05, 0.1) is 0 Å². The third-order valence-corrected chi connectivity index (χ3v) is 4.63. The number of hydrogen-bond donors (Lipinski definition) is 2. The van der Waals surface area contributed by atoms with E-state index in [1.54, 1.807) is 30.5 Å². The number of rotatable bonds is 4. The first kappa shape index (κ1) is 18.0. The number of carbonyl (C=O) groups is 1. The fraction of sp³-hybridized carbons (Fsp3) is 0.389. The van der Waals surface area contributed by atoms with Gasteiger partial charge < -0.3 is 10.6 Å². The zero-order valence-electron chi connectivity index (χ0n) is 13.8. The molecule has 25 heavy (non-hydrogen) atoms. The van der Waals surface area contributed by atoms with Crippen LogP contribution in [0.2, 0.25) is 10.0 Å². The van der Waals surface area contributed by atoms with Crippen LogP contribution in [0.25, 0.3) is 0 Å². The summed E-state index contributed by atoms with van der Waals surface area (Å²) >= 11 is 12.0. The number of anilines is 2. The highest BCUT2D eigenvalue weighted by atomic mass is 35.5. The van der Waals surface area contributed by atoms with Crippen LogP contribution in [-0.4, -0.2) is 21.9 Å². The maximum absolute atomic E-state index is 12.5. The molecule has 1 amide bonds. The Bertz CT molecular complexity index is 725. The summed E-state index contributed by atoms with van der Waals surface area (Å²) in [6.45, 7) is 0. The molecule has 0 bridgehead atoms. The van der Waals surface area contributed by atoms with Crippen LogP contribution in [0.5, 0.6) is 0 Å². The van der Waals surface area contributed by atoms with Crippen LogP contribution in [0.3, 0.4) is 0 Å². The van der Waals surface area contributed by atoms with Crippen molar-refractivity contribution in [2.45, 2.75) is 44.6 Å². The second kappa shape index (κ2) is 8.50. The fourth-order valence-corrected chi connectivity index (χ4v) is 3.51.